The molecule has 144 valence electrons. The van der Waals surface area contributed by atoms with Crippen LogP contribution in [0.3, 0.4) is 0 Å². The SMILES string of the molecule is O=C(CN1CCN(c2ccc(Cl)cc2)CC1)Nc1nc(-c2ccccc2)cs1. The van der Waals surface area contributed by atoms with Crippen LogP contribution < -0.4 is 10.2 Å². The summed E-state index contributed by atoms with van der Waals surface area (Å²) >= 11 is 7.41. The standard InChI is InChI=1S/C21H21ClN4OS/c22-17-6-8-18(9-7-17)26-12-10-25(11-13-26)14-20(27)24-21-23-19(15-28-21)16-4-2-1-3-5-16/h1-9,15H,10-14H2,(H,23,24,27). The number of nitrogens with zero attached hydrogens (tertiary/aromatic N) is 3. The summed E-state index contributed by atoms with van der Waals surface area (Å²) in [5.74, 6) is -0.0195. The van der Waals surface area contributed by atoms with Crippen LogP contribution in [0.2, 0.25) is 5.02 Å². The minimum absolute atomic E-state index is 0.0195. The monoisotopic (exact) mass is 412 g/mol. The molecule has 0 saturated carbocycles. The lowest BCUT2D eigenvalue weighted by Crippen LogP contribution is -2.48. The molecule has 0 bridgehead atoms. The lowest BCUT2D eigenvalue weighted by atomic mass is 10.2. The Morgan fingerprint density at radius 2 is 1.75 bits per heavy atom. The van der Waals surface area contributed by atoms with E-state index in [0.29, 0.717) is 11.7 Å². The van der Waals surface area contributed by atoms with E-state index in [4.69, 9.17) is 11.6 Å². The lowest BCUT2D eigenvalue weighted by Gasteiger charge is -2.35. The number of benzene rings is 2. The molecule has 1 aliphatic rings. The largest absolute Gasteiger partial charge is 0.369 e. The Balaban J connectivity index is 1.27. The van der Waals surface area contributed by atoms with E-state index >= 15 is 0 Å². The summed E-state index contributed by atoms with van der Waals surface area (Å²) in [5, 5.41) is 6.28. The minimum atomic E-state index is -0.0195. The zero-order valence-corrected chi connectivity index (χ0v) is 16.9. The van der Waals surface area contributed by atoms with Crippen molar-refractivity contribution in [3.05, 3.63) is 65.0 Å². The van der Waals surface area contributed by atoms with Gasteiger partial charge in [0.25, 0.3) is 0 Å². The number of thiazole rings is 1. The molecule has 28 heavy (non-hydrogen) atoms. The van der Waals surface area contributed by atoms with Gasteiger partial charge in [-0.2, -0.15) is 0 Å². The molecule has 0 unspecified atom stereocenters. The first kappa shape index (κ1) is 18.9. The predicted octanol–water partition coefficient (Wildman–Crippen LogP) is 4.22. The van der Waals surface area contributed by atoms with Gasteiger partial charge in [0.05, 0.1) is 12.2 Å². The molecule has 0 radical (unpaired) electrons. The Labute approximate surface area is 173 Å². The average Bonchev–Trinajstić information content (AvgIpc) is 3.18. The Morgan fingerprint density at radius 1 is 1.04 bits per heavy atom. The van der Waals surface area contributed by atoms with Crippen LogP contribution in [-0.2, 0) is 4.79 Å². The van der Waals surface area contributed by atoms with Crippen molar-refractivity contribution >= 4 is 39.7 Å². The van der Waals surface area contributed by atoms with Crippen LogP contribution in [0.15, 0.2) is 60.0 Å². The number of piperazine rings is 1. The first-order valence-electron chi connectivity index (χ1n) is 9.21. The van der Waals surface area contributed by atoms with Crippen LogP contribution in [0.4, 0.5) is 10.8 Å². The van der Waals surface area contributed by atoms with E-state index < -0.39 is 0 Å². The molecule has 1 aliphatic heterocycles. The van der Waals surface area contributed by atoms with E-state index in [1.54, 1.807) is 0 Å². The van der Waals surface area contributed by atoms with Gasteiger partial charge in [0.15, 0.2) is 5.13 Å². The van der Waals surface area contributed by atoms with Gasteiger partial charge in [-0.3, -0.25) is 9.69 Å². The summed E-state index contributed by atoms with van der Waals surface area (Å²) < 4.78 is 0. The molecule has 5 nitrogen and oxygen atoms in total. The Hall–Kier alpha value is -2.41. The quantitative estimate of drug-likeness (QED) is 0.681. The number of carbonyl (C=O) groups excluding carboxylic acids is 1. The molecule has 1 amide bonds. The summed E-state index contributed by atoms with van der Waals surface area (Å²) in [6.45, 7) is 3.87. The fraction of sp³-hybridized carbons (Fsp3) is 0.238. The van der Waals surface area contributed by atoms with E-state index in [1.807, 2.05) is 60.0 Å². The molecule has 4 rings (SSSR count). The number of hydrogen-bond donors (Lipinski definition) is 1. The highest BCUT2D eigenvalue weighted by molar-refractivity contribution is 7.14. The maximum absolute atomic E-state index is 12.4. The summed E-state index contributed by atoms with van der Waals surface area (Å²) in [7, 11) is 0. The zero-order valence-electron chi connectivity index (χ0n) is 15.3. The predicted molar refractivity (Wildman–Crippen MR) is 116 cm³/mol. The van der Waals surface area contributed by atoms with Crippen molar-refractivity contribution in [2.45, 2.75) is 0 Å². The van der Waals surface area contributed by atoms with Crippen LogP contribution in [0, 0.1) is 0 Å². The first-order chi connectivity index (χ1) is 13.7. The smallest absolute Gasteiger partial charge is 0.240 e. The molecule has 3 aromatic rings. The van der Waals surface area contributed by atoms with E-state index in [1.165, 1.54) is 17.0 Å². The van der Waals surface area contributed by atoms with Gasteiger partial charge in [-0.1, -0.05) is 41.9 Å². The van der Waals surface area contributed by atoms with Crippen molar-refractivity contribution in [1.82, 2.24) is 9.88 Å². The number of rotatable bonds is 5. The summed E-state index contributed by atoms with van der Waals surface area (Å²) in [6, 6.07) is 17.9. The average molecular weight is 413 g/mol. The molecule has 0 spiro atoms. The molecule has 1 fully saturated rings. The summed E-state index contributed by atoms with van der Waals surface area (Å²) in [5.41, 5.74) is 3.11. The number of anilines is 2. The third-order valence-electron chi connectivity index (χ3n) is 4.75. The van der Waals surface area contributed by atoms with Crippen molar-refractivity contribution in [3.63, 3.8) is 0 Å². The second-order valence-electron chi connectivity index (χ2n) is 6.69. The third kappa shape index (κ3) is 4.70. The zero-order chi connectivity index (χ0) is 19.3. The number of hydrogen-bond acceptors (Lipinski definition) is 5. The van der Waals surface area contributed by atoms with Crippen molar-refractivity contribution < 1.29 is 4.79 Å². The van der Waals surface area contributed by atoms with E-state index in [0.717, 1.165) is 42.5 Å². The van der Waals surface area contributed by atoms with Crippen LogP contribution in [-0.4, -0.2) is 48.5 Å². The maximum atomic E-state index is 12.4. The van der Waals surface area contributed by atoms with Gasteiger partial charge in [-0.05, 0) is 24.3 Å². The molecule has 1 aromatic heterocycles. The second-order valence-corrected chi connectivity index (χ2v) is 7.99. The molecular weight excluding hydrogens is 392 g/mol. The fourth-order valence-electron chi connectivity index (χ4n) is 3.25. The van der Waals surface area contributed by atoms with Crippen molar-refractivity contribution in [2.24, 2.45) is 0 Å². The van der Waals surface area contributed by atoms with E-state index in [9.17, 15) is 4.79 Å². The third-order valence-corrected chi connectivity index (χ3v) is 5.76. The molecule has 7 heteroatoms. The molecular formula is C21H21ClN4OS. The van der Waals surface area contributed by atoms with Gasteiger partial charge in [0.2, 0.25) is 5.91 Å². The number of carbonyl (C=O) groups is 1. The number of aromatic nitrogens is 1. The Bertz CT molecular complexity index is 921. The molecule has 0 aliphatic carbocycles. The topological polar surface area (TPSA) is 48.5 Å². The van der Waals surface area contributed by atoms with Crippen molar-refractivity contribution in [1.29, 1.82) is 0 Å². The Kier molecular flexibility index (Phi) is 5.90. The molecule has 0 atom stereocenters. The normalized spacial score (nSPS) is 14.8. The van der Waals surface area contributed by atoms with Crippen molar-refractivity contribution in [3.8, 4) is 11.3 Å². The fourth-order valence-corrected chi connectivity index (χ4v) is 4.11. The van der Waals surface area contributed by atoms with Gasteiger partial charge in [-0.25, -0.2) is 4.98 Å². The maximum Gasteiger partial charge on any atom is 0.240 e. The molecule has 2 aromatic carbocycles. The minimum Gasteiger partial charge on any atom is -0.369 e. The van der Waals surface area contributed by atoms with Gasteiger partial charge >= 0.3 is 0 Å². The first-order valence-corrected chi connectivity index (χ1v) is 10.5. The van der Waals surface area contributed by atoms with Crippen LogP contribution in [0.25, 0.3) is 11.3 Å². The highest BCUT2D eigenvalue weighted by atomic mass is 35.5. The number of amides is 1. The van der Waals surface area contributed by atoms with Gasteiger partial charge in [0, 0.05) is 47.8 Å². The molecule has 2 heterocycles. The summed E-state index contributed by atoms with van der Waals surface area (Å²) in [4.78, 5) is 21.4. The van der Waals surface area contributed by atoms with Gasteiger partial charge in [-0.15, -0.1) is 11.3 Å². The highest BCUT2D eigenvalue weighted by Gasteiger charge is 2.19. The van der Waals surface area contributed by atoms with Gasteiger partial charge in [0.1, 0.15) is 0 Å². The highest BCUT2D eigenvalue weighted by Crippen LogP contribution is 2.24. The number of halogens is 1. The van der Waals surface area contributed by atoms with Crippen LogP contribution in [0.5, 0.6) is 0 Å². The molecule has 1 saturated heterocycles. The second kappa shape index (κ2) is 8.73. The number of nitrogens with one attached hydrogen (secondary N) is 1. The molecule has 1 N–H and O–H groups in total. The van der Waals surface area contributed by atoms with Crippen LogP contribution >= 0.6 is 22.9 Å². The van der Waals surface area contributed by atoms with Gasteiger partial charge < -0.3 is 10.2 Å². The van der Waals surface area contributed by atoms with Crippen LogP contribution in [0.1, 0.15) is 0 Å². The Morgan fingerprint density at radius 3 is 2.46 bits per heavy atom. The summed E-state index contributed by atoms with van der Waals surface area (Å²) in [6.07, 6.45) is 0. The van der Waals surface area contributed by atoms with E-state index in [2.05, 4.69) is 20.1 Å². The van der Waals surface area contributed by atoms with E-state index in [-0.39, 0.29) is 5.91 Å². The van der Waals surface area contributed by atoms with Crippen molar-refractivity contribution in [2.75, 3.05) is 42.9 Å². The lowest BCUT2D eigenvalue weighted by molar-refractivity contribution is -0.117.